The van der Waals surface area contributed by atoms with Gasteiger partial charge in [0.25, 0.3) is 5.91 Å². The number of hydrogen-bond acceptors (Lipinski definition) is 4. The quantitative estimate of drug-likeness (QED) is 0.805. The molecule has 0 radical (unpaired) electrons. The van der Waals surface area contributed by atoms with Gasteiger partial charge in [0.05, 0.1) is 11.0 Å². The Morgan fingerprint density at radius 2 is 2.05 bits per heavy atom. The molecule has 0 saturated heterocycles. The van der Waals surface area contributed by atoms with E-state index in [2.05, 4.69) is 26.7 Å². The molecule has 0 unspecified atom stereocenters. The summed E-state index contributed by atoms with van der Waals surface area (Å²) in [7, 11) is 0. The number of carbonyl (C=O) groups is 1. The Labute approximate surface area is 126 Å². The van der Waals surface area contributed by atoms with Crippen molar-refractivity contribution in [2.24, 2.45) is 0 Å². The van der Waals surface area contributed by atoms with Crippen LogP contribution in [-0.4, -0.2) is 21.9 Å². The number of fused-ring (bicyclic) bond motifs is 1. The lowest BCUT2D eigenvalue weighted by Gasteiger charge is -2.13. The Hall–Kier alpha value is -2.27. The second-order valence-electron chi connectivity index (χ2n) is 4.97. The molecule has 1 amide bonds. The zero-order valence-electron chi connectivity index (χ0n) is 11.6. The molecule has 5 heteroatoms. The first-order valence-electron chi connectivity index (χ1n) is 6.75. The Kier molecular flexibility index (Phi) is 3.92. The number of hydrogen-bond donors (Lipinski definition) is 1. The molecule has 0 spiro atoms. The maximum atomic E-state index is 12.3. The van der Waals surface area contributed by atoms with Gasteiger partial charge in [-0.05, 0) is 53.9 Å². The Bertz CT molecular complexity index is 755. The van der Waals surface area contributed by atoms with E-state index in [0.717, 1.165) is 17.5 Å². The molecule has 2 aromatic heterocycles. The maximum Gasteiger partial charge on any atom is 0.251 e. The van der Waals surface area contributed by atoms with Crippen LogP contribution in [0.3, 0.4) is 0 Å². The van der Waals surface area contributed by atoms with E-state index in [1.807, 2.05) is 18.4 Å². The zero-order chi connectivity index (χ0) is 14.7. The first-order chi connectivity index (χ1) is 10.2. The smallest absolute Gasteiger partial charge is 0.251 e. The summed E-state index contributed by atoms with van der Waals surface area (Å²) >= 11 is 1.67. The van der Waals surface area contributed by atoms with Crippen molar-refractivity contribution in [1.29, 1.82) is 0 Å². The molecule has 0 aliphatic heterocycles. The Balaban J connectivity index is 1.71. The van der Waals surface area contributed by atoms with Crippen molar-refractivity contribution in [3.05, 3.63) is 58.5 Å². The minimum absolute atomic E-state index is 0.0784. The molecule has 0 bridgehead atoms. The van der Waals surface area contributed by atoms with Crippen molar-refractivity contribution in [3.63, 3.8) is 0 Å². The third kappa shape index (κ3) is 3.25. The molecular formula is C16H15N3OS. The summed E-state index contributed by atoms with van der Waals surface area (Å²) < 4.78 is 0. The monoisotopic (exact) mass is 297 g/mol. The van der Waals surface area contributed by atoms with E-state index in [1.165, 1.54) is 5.56 Å². The van der Waals surface area contributed by atoms with E-state index >= 15 is 0 Å². The van der Waals surface area contributed by atoms with Gasteiger partial charge in [0.15, 0.2) is 0 Å². The average molecular weight is 297 g/mol. The SMILES string of the molecule is C[C@H](Cc1ccsc1)NC(=O)c1ccc2nccnc2c1. The minimum atomic E-state index is -0.0784. The summed E-state index contributed by atoms with van der Waals surface area (Å²) in [5.41, 5.74) is 3.38. The van der Waals surface area contributed by atoms with Crippen molar-refractivity contribution in [1.82, 2.24) is 15.3 Å². The highest BCUT2D eigenvalue weighted by molar-refractivity contribution is 7.07. The van der Waals surface area contributed by atoms with Crippen molar-refractivity contribution >= 4 is 28.3 Å². The van der Waals surface area contributed by atoms with Gasteiger partial charge in [-0.25, -0.2) is 0 Å². The third-order valence-corrected chi connectivity index (χ3v) is 3.96. The van der Waals surface area contributed by atoms with Gasteiger partial charge in [-0.3, -0.25) is 14.8 Å². The topological polar surface area (TPSA) is 54.9 Å². The predicted molar refractivity (Wildman–Crippen MR) is 84.5 cm³/mol. The van der Waals surface area contributed by atoms with E-state index in [-0.39, 0.29) is 11.9 Å². The summed E-state index contributed by atoms with van der Waals surface area (Å²) in [6, 6.07) is 7.54. The maximum absolute atomic E-state index is 12.3. The van der Waals surface area contributed by atoms with Gasteiger partial charge in [-0.15, -0.1) is 0 Å². The normalized spacial score (nSPS) is 12.2. The van der Waals surface area contributed by atoms with Crippen LogP contribution in [0.4, 0.5) is 0 Å². The number of rotatable bonds is 4. The van der Waals surface area contributed by atoms with Crippen LogP contribution < -0.4 is 5.32 Å². The van der Waals surface area contributed by atoms with Crippen LogP contribution in [0, 0.1) is 0 Å². The molecular weight excluding hydrogens is 282 g/mol. The van der Waals surface area contributed by atoms with Crippen molar-refractivity contribution in [3.8, 4) is 0 Å². The van der Waals surface area contributed by atoms with Crippen LogP contribution in [0.15, 0.2) is 47.4 Å². The van der Waals surface area contributed by atoms with Gasteiger partial charge in [0.1, 0.15) is 0 Å². The molecule has 1 atom stereocenters. The van der Waals surface area contributed by atoms with Crippen LogP contribution in [0.2, 0.25) is 0 Å². The number of benzene rings is 1. The van der Waals surface area contributed by atoms with Gasteiger partial charge in [-0.1, -0.05) is 0 Å². The number of nitrogens with one attached hydrogen (secondary N) is 1. The fraction of sp³-hybridized carbons (Fsp3) is 0.188. The summed E-state index contributed by atoms with van der Waals surface area (Å²) in [6.45, 7) is 2.01. The first-order valence-corrected chi connectivity index (χ1v) is 7.69. The predicted octanol–water partition coefficient (Wildman–Crippen LogP) is 3.05. The van der Waals surface area contributed by atoms with Gasteiger partial charge in [0, 0.05) is 24.0 Å². The molecule has 0 aliphatic carbocycles. The van der Waals surface area contributed by atoms with E-state index in [0.29, 0.717) is 5.56 Å². The number of amides is 1. The van der Waals surface area contributed by atoms with Gasteiger partial charge in [-0.2, -0.15) is 11.3 Å². The molecule has 4 nitrogen and oxygen atoms in total. The first kappa shape index (κ1) is 13.7. The van der Waals surface area contributed by atoms with E-state index in [9.17, 15) is 4.79 Å². The van der Waals surface area contributed by atoms with E-state index in [1.54, 1.807) is 35.9 Å². The van der Waals surface area contributed by atoms with Crippen molar-refractivity contribution in [2.45, 2.75) is 19.4 Å². The number of nitrogens with zero attached hydrogens (tertiary/aromatic N) is 2. The lowest BCUT2D eigenvalue weighted by molar-refractivity contribution is 0.0940. The summed E-state index contributed by atoms with van der Waals surface area (Å²) in [6.07, 6.45) is 4.11. The molecule has 2 heterocycles. The molecule has 106 valence electrons. The fourth-order valence-electron chi connectivity index (χ4n) is 2.23. The lowest BCUT2D eigenvalue weighted by Crippen LogP contribution is -2.33. The van der Waals surface area contributed by atoms with Crippen LogP contribution in [0.1, 0.15) is 22.8 Å². The van der Waals surface area contributed by atoms with Gasteiger partial charge < -0.3 is 5.32 Å². The van der Waals surface area contributed by atoms with E-state index in [4.69, 9.17) is 0 Å². The summed E-state index contributed by atoms with van der Waals surface area (Å²) in [5, 5.41) is 7.17. The molecule has 3 rings (SSSR count). The molecule has 0 fully saturated rings. The third-order valence-electron chi connectivity index (χ3n) is 3.23. The highest BCUT2D eigenvalue weighted by Gasteiger charge is 2.11. The van der Waals surface area contributed by atoms with Crippen LogP contribution in [0.25, 0.3) is 11.0 Å². The lowest BCUT2D eigenvalue weighted by atomic mass is 10.1. The molecule has 0 aliphatic rings. The molecule has 3 aromatic rings. The number of aromatic nitrogens is 2. The molecule has 1 N–H and O–H groups in total. The summed E-state index contributed by atoms with van der Waals surface area (Å²) in [5.74, 6) is -0.0784. The highest BCUT2D eigenvalue weighted by Crippen LogP contribution is 2.12. The van der Waals surface area contributed by atoms with Crippen LogP contribution >= 0.6 is 11.3 Å². The largest absolute Gasteiger partial charge is 0.349 e. The van der Waals surface area contributed by atoms with Crippen molar-refractivity contribution < 1.29 is 4.79 Å². The fourth-order valence-corrected chi connectivity index (χ4v) is 2.91. The standard InChI is InChI=1S/C16H15N3OS/c1-11(8-12-4-7-21-10-12)19-16(20)13-2-3-14-15(9-13)18-6-5-17-14/h2-7,9-11H,8H2,1H3,(H,19,20)/t11-/m1/s1. The zero-order valence-corrected chi connectivity index (χ0v) is 12.4. The van der Waals surface area contributed by atoms with Crippen molar-refractivity contribution in [2.75, 3.05) is 0 Å². The highest BCUT2D eigenvalue weighted by atomic mass is 32.1. The Morgan fingerprint density at radius 1 is 1.24 bits per heavy atom. The molecule has 21 heavy (non-hydrogen) atoms. The molecule has 0 saturated carbocycles. The second kappa shape index (κ2) is 6.01. The van der Waals surface area contributed by atoms with Gasteiger partial charge in [0.2, 0.25) is 0 Å². The average Bonchev–Trinajstić information content (AvgIpc) is 2.99. The second-order valence-corrected chi connectivity index (χ2v) is 5.75. The summed E-state index contributed by atoms with van der Waals surface area (Å²) in [4.78, 5) is 20.7. The molecule has 1 aromatic carbocycles. The van der Waals surface area contributed by atoms with Crippen LogP contribution in [0.5, 0.6) is 0 Å². The van der Waals surface area contributed by atoms with E-state index < -0.39 is 0 Å². The van der Waals surface area contributed by atoms with Gasteiger partial charge >= 0.3 is 0 Å². The minimum Gasteiger partial charge on any atom is -0.349 e. The number of carbonyl (C=O) groups excluding carboxylic acids is 1. The Morgan fingerprint density at radius 3 is 2.81 bits per heavy atom. The number of thiophene rings is 1. The van der Waals surface area contributed by atoms with Crippen LogP contribution in [-0.2, 0) is 6.42 Å².